The molecule has 1 aliphatic rings. The first kappa shape index (κ1) is 14.4. The van der Waals surface area contributed by atoms with E-state index in [-0.39, 0.29) is 16.6 Å². The zero-order chi connectivity index (χ0) is 15.0. The van der Waals surface area contributed by atoms with Gasteiger partial charge >= 0.3 is 0 Å². The lowest BCUT2D eigenvalue weighted by Gasteiger charge is -2.14. The van der Waals surface area contributed by atoms with E-state index in [1.807, 2.05) is 24.3 Å². The van der Waals surface area contributed by atoms with Crippen molar-refractivity contribution < 1.29 is 8.42 Å². The van der Waals surface area contributed by atoms with Crippen LogP contribution in [-0.4, -0.2) is 14.5 Å². The molecule has 0 aromatic heterocycles. The van der Waals surface area contributed by atoms with Crippen LogP contribution in [0.15, 0.2) is 47.4 Å². The maximum Gasteiger partial charge on any atom is 0.242 e. The predicted octanol–water partition coefficient (Wildman–Crippen LogP) is 2.37. The molecule has 0 unspecified atom stereocenters. The Morgan fingerprint density at radius 1 is 1.10 bits per heavy atom. The summed E-state index contributed by atoms with van der Waals surface area (Å²) in [6.07, 6.45) is 1.38. The molecule has 0 heterocycles. The van der Waals surface area contributed by atoms with E-state index in [9.17, 15) is 8.42 Å². The van der Waals surface area contributed by atoms with Crippen LogP contribution >= 0.6 is 11.6 Å². The fourth-order valence-corrected chi connectivity index (χ4v) is 4.30. The number of hydrogen-bond acceptors (Lipinski definition) is 3. The van der Waals surface area contributed by atoms with E-state index >= 15 is 0 Å². The SMILES string of the molecule is Nc1ccc(Cl)cc1S(=O)(=O)NC1Cc2ccccc2C1. The van der Waals surface area contributed by atoms with E-state index in [0.29, 0.717) is 17.9 Å². The zero-order valence-corrected chi connectivity index (χ0v) is 12.8. The van der Waals surface area contributed by atoms with E-state index in [2.05, 4.69) is 4.72 Å². The fourth-order valence-electron chi connectivity index (χ4n) is 2.67. The molecule has 0 saturated heterocycles. The molecule has 0 amide bonds. The molecule has 2 aromatic carbocycles. The first-order valence-electron chi connectivity index (χ1n) is 6.60. The molecule has 0 saturated carbocycles. The monoisotopic (exact) mass is 322 g/mol. The summed E-state index contributed by atoms with van der Waals surface area (Å²) in [6.45, 7) is 0. The highest BCUT2D eigenvalue weighted by molar-refractivity contribution is 7.89. The number of nitrogens with one attached hydrogen (secondary N) is 1. The van der Waals surface area contributed by atoms with Gasteiger partial charge in [-0.3, -0.25) is 0 Å². The largest absolute Gasteiger partial charge is 0.398 e. The van der Waals surface area contributed by atoms with Crippen molar-refractivity contribution in [2.75, 3.05) is 5.73 Å². The van der Waals surface area contributed by atoms with Gasteiger partial charge in [-0.2, -0.15) is 0 Å². The van der Waals surface area contributed by atoms with Crippen LogP contribution in [0.25, 0.3) is 0 Å². The third-order valence-electron chi connectivity index (χ3n) is 3.64. The molecule has 0 fully saturated rings. The smallest absolute Gasteiger partial charge is 0.242 e. The second kappa shape index (κ2) is 5.33. The minimum Gasteiger partial charge on any atom is -0.398 e. The molecule has 3 N–H and O–H groups in total. The van der Waals surface area contributed by atoms with Crippen molar-refractivity contribution in [2.45, 2.75) is 23.8 Å². The minimum absolute atomic E-state index is 0.0333. The lowest BCUT2D eigenvalue weighted by atomic mass is 10.1. The zero-order valence-electron chi connectivity index (χ0n) is 11.2. The maximum atomic E-state index is 12.5. The second-order valence-electron chi connectivity index (χ2n) is 5.18. The summed E-state index contributed by atoms with van der Waals surface area (Å²) in [4.78, 5) is 0.0333. The van der Waals surface area contributed by atoms with Crippen molar-refractivity contribution in [3.8, 4) is 0 Å². The van der Waals surface area contributed by atoms with Crippen LogP contribution in [0, 0.1) is 0 Å². The van der Waals surface area contributed by atoms with Crippen LogP contribution < -0.4 is 10.5 Å². The molecule has 110 valence electrons. The maximum absolute atomic E-state index is 12.5. The van der Waals surface area contributed by atoms with Crippen molar-refractivity contribution >= 4 is 27.3 Å². The van der Waals surface area contributed by atoms with Crippen molar-refractivity contribution in [3.05, 3.63) is 58.6 Å². The van der Waals surface area contributed by atoms with Gasteiger partial charge in [-0.05, 0) is 42.2 Å². The first-order valence-corrected chi connectivity index (χ1v) is 8.46. The van der Waals surface area contributed by atoms with Gasteiger partial charge < -0.3 is 5.73 Å². The Morgan fingerprint density at radius 3 is 2.33 bits per heavy atom. The Kier molecular flexibility index (Phi) is 3.65. The number of hydrogen-bond donors (Lipinski definition) is 2. The summed E-state index contributed by atoms with van der Waals surface area (Å²) in [5, 5.41) is 0.347. The second-order valence-corrected chi connectivity index (χ2v) is 7.30. The molecule has 0 spiro atoms. The van der Waals surface area contributed by atoms with Gasteiger partial charge in [0.2, 0.25) is 10.0 Å². The molecule has 21 heavy (non-hydrogen) atoms. The molecular weight excluding hydrogens is 308 g/mol. The lowest BCUT2D eigenvalue weighted by molar-refractivity contribution is 0.556. The average molecular weight is 323 g/mol. The normalized spacial score (nSPS) is 15.1. The number of rotatable bonds is 3. The van der Waals surface area contributed by atoms with Crippen LogP contribution in [0.5, 0.6) is 0 Å². The molecule has 0 aliphatic heterocycles. The van der Waals surface area contributed by atoms with Crippen LogP contribution in [0.3, 0.4) is 0 Å². The van der Waals surface area contributed by atoms with Gasteiger partial charge in [0.25, 0.3) is 0 Å². The number of sulfonamides is 1. The van der Waals surface area contributed by atoms with Crippen molar-refractivity contribution in [3.63, 3.8) is 0 Å². The van der Waals surface area contributed by atoms with E-state index in [4.69, 9.17) is 17.3 Å². The van der Waals surface area contributed by atoms with Crippen LogP contribution in [-0.2, 0) is 22.9 Å². The molecule has 0 radical (unpaired) electrons. The van der Waals surface area contributed by atoms with E-state index in [1.165, 1.54) is 23.3 Å². The highest BCUT2D eigenvalue weighted by atomic mass is 35.5. The fraction of sp³-hybridized carbons (Fsp3) is 0.200. The quantitative estimate of drug-likeness (QED) is 0.852. The van der Waals surface area contributed by atoms with Crippen molar-refractivity contribution in [1.29, 1.82) is 0 Å². The van der Waals surface area contributed by atoms with Gasteiger partial charge in [-0.25, -0.2) is 13.1 Å². The number of fused-ring (bicyclic) bond motifs is 1. The van der Waals surface area contributed by atoms with Gasteiger partial charge in [0.1, 0.15) is 4.90 Å². The van der Waals surface area contributed by atoms with E-state index in [0.717, 1.165) is 0 Å². The number of halogens is 1. The van der Waals surface area contributed by atoms with Gasteiger partial charge in [-0.1, -0.05) is 35.9 Å². The summed E-state index contributed by atoms with van der Waals surface area (Å²) >= 11 is 5.86. The Balaban J connectivity index is 1.84. The molecule has 2 aromatic rings. The molecular formula is C15H15ClN2O2S. The Hall–Kier alpha value is -1.56. The Bertz CT molecular complexity index is 765. The van der Waals surface area contributed by atoms with Gasteiger partial charge in [-0.15, -0.1) is 0 Å². The summed E-state index contributed by atoms with van der Waals surface area (Å²) in [5.41, 5.74) is 8.32. The minimum atomic E-state index is -3.67. The first-order chi connectivity index (χ1) is 9.95. The van der Waals surface area contributed by atoms with E-state index in [1.54, 1.807) is 6.07 Å². The third-order valence-corrected chi connectivity index (χ3v) is 5.45. The Morgan fingerprint density at radius 2 is 1.71 bits per heavy atom. The summed E-state index contributed by atoms with van der Waals surface area (Å²) < 4.78 is 27.6. The summed E-state index contributed by atoms with van der Waals surface area (Å²) in [7, 11) is -3.67. The number of nitrogens with two attached hydrogens (primary N) is 1. The predicted molar refractivity (Wildman–Crippen MR) is 83.8 cm³/mol. The summed E-state index contributed by atoms with van der Waals surface area (Å²) in [6, 6.07) is 12.3. The third kappa shape index (κ3) is 2.90. The van der Waals surface area contributed by atoms with Crippen molar-refractivity contribution in [1.82, 2.24) is 4.72 Å². The molecule has 3 rings (SSSR count). The summed E-state index contributed by atoms with van der Waals surface area (Å²) in [5.74, 6) is 0. The molecule has 6 heteroatoms. The molecule has 1 aliphatic carbocycles. The van der Waals surface area contributed by atoms with Crippen LogP contribution in [0.4, 0.5) is 5.69 Å². The van der Waals surface area contributed by atoms with Crippen molar-refractivity contribution in [2.24, 2.45) is 0 Å². The van der Waals surface area contributed by atoms with Gasteiger partial charge in [0.15, 0.2) is 0 Å². The van der Waals surface area contributed by atoms with E-state index < -0.39 is 10.0 Å². The standard InChI is InChI=1S/C15H15ClN2O2S/c16-12-5-6-14(17)15(9-12)21(19,20)18-13-7-10-3-1-2-4-11(10)8-13/h1-6,9,13,18H,7-8,17H2. The molecule has 0 bridgehead atoms. The highest BCUT2D eigenvalue weighted by Crippen LogP contribution is 2.26. The highest BCUT2D eigenvalue weighted by Gasteiger charge is 2.27. The van der Waals surface area contributed by atoms with Crippen LogP contribution in [0.1, 0.15) is 11.1 Å². The molecule has 4 nitrogen and oxygen atoms in total. The number of nitrogen functional groups attached to an aromatic ring is 1. The number of anilines is 1. The van der Waals surface area contributed by atoms with Crippen LogP contribution in [0.2, 0.25) is 5.02 Å². The average Bonchev–Trinajstić information content (AvgIpc) is 2.82. The van der Waals surface area contributed by atoms with Gasteiger partial charge in [0.05, 0.1) is 5.69 Å². The number of benzene rings is 2. The van der Waals surface area contributed by atoms with Gasteiger partial charge in [0, 0.05) is 11.1 Å². The Labute approximate surface area is 129 Å². The lowest BCUT2D eigenvalue weighted by Crippen LogP contribution is -2.35. The topological polar surface area (TPSA) is 72.2 Å². The molecule has 0 atom stereocenters.